The number of hydrogen-bond acceptors (Lipinski definition) is 5. The third-order valence-corrected chi connectivity index (χ3v) is 10.9. The normalized spacial score (nSPS) is 13.9. The van der Waals surface area contributed by atoms with E-state index in [9.17, 15) is 14.7 Å². The lowest BCUT2D eigenvalue weighted by Crippen LogP contribution is -2.30. The van der Waals surface area contributed by atoms with Crippen LogP contribution in [0.25, 0.3) is 10.8 Å². The third kappa shape index (κ3) is 4.22. The van der Waals surface area contributed by atoms with Gasteiger partial charge in [0.1, 0.15) is 20.6 Å². The SMILES string of the molecule is CC[Si](C#CC1=C(COCOC)C(=O)c2cc3ccccc3c(O)c2C1=O)(CC)CC. The Morgan fingerprint density at radius 2 is 1.71 bits per heavy atom. The maximum absolute atomic E-state index is 13.5. The molecule has 6 heteroatoms. The van der Waals surface area contributed by atoms with Crippen LogP contribution in [0.3, 0.4) is 0 Å². The summed E-state index contributed by atoms with van der Waals surface area (Å²) < 4.78 is 10.4. The van der Waals surface area contributed by atoms with E-state index in [1.54, 1.807) is 24.3 Å². The molecule has 5 nitrogen and oxygen atoms in total. The van der Waals surface area contributed by atoms with Gasteiger partial charge in [0.25, 0.3) is 0 Å². The molecule has 1 N–H and O–H groups in total. The summed E-state index contributed by atoms with van der Waals surface area (Å²) in [4.78, 5) is 26.9. The number of carbonyl (C=O) groups is 2. The van der Waals surface area contributed by atoms with Crippen LogP contribution in [-0.4, -0.2) is 45.3 Å². The largest absolute Gasteiger partial charge is 0.507 e. The first-order valence-electron chi connectivity index (χ1n) is 10.6. The van der Waals surface area contributed by atoms with Crippen LogP contribution in [0.5, 0.6) is 5.75 Å². The van der Waals surface area contributed by atoms with Crippen molar-refractivity contribution in [1.29, 1.82) is 0 Å². The number of rotatable bonds is 7. The molecule has 0 spiro atoms. The average Bonchev–Trinajstić information content (AvgIpc) is 2.79. The van der Waals surface area contributed by atoms with Gasteiger partial charge < -0.3 is 14.6 Å². The number of Topliss-reactive ketones (excluding diaryl/α,β-unsaturated/α-hetero) is 2. The fourth-order valence-corrected chi connectivity index (χ4v) is 6.40. The maximum atomic E-state index is 13.5. The molecule has 0 saturated heterocycles. The van der Waals surface area contributed by atoms with E-state index in [4.69, 9.17) is 9.47 Å². The van der Waals surface area contributed by atoms with Crippen LogP contribution in [0.1, 0.15) is 41.5 Å². The quantitative estimate of drug-likeness (QED) is 0.289. The molecule has 1 aliphatic rings. The van der Waals surface area contributed by atoms with E-state index in [2.05, 4.69) is 32.2 Å². The predicted octanol–water partition coefficient (Wildman–Crippen LogP) is 4.89. The highest BCUT2D eigenvalue weighted by Crippen LogP contribution is 2.38. The lowest BCUT2D eigenvalue weighted by atomic mass is 9.82. The maximum Gasteiger partial charge on any atom is 0.206 e. The molecular formula is C25H28O5Si. The summed E-state index contributed by atoms with van der Waals surface area (Å²) in [5.41, 5.74) is 3.97. The summed E-state index contributed by atoms with van der Waals surface area (Å²) in [6.07, 6.45) is 0. The number of carbonyl (C=O) groups excluding carboxylic acids is 2. The Morgan fingerprint density at radius 1 is 1.03 bits per heavy atom. The molecule has 0 bridgehead atoms. The van der Waals surface area contributed by atoms with Gasteiger partial charge in [-0.05, 0) is 29.6 Å². The molecule has 2 aromatic rings. The molecule has 0 radical (unpaired) electrons. The molecule has 31 heavy (non-hydrogen) atoms. The molecule has 3 rings (SSSR count). The average molecular weight is 437 g/mol. The van der Waals surface area contributed by atoms with Crippen molar-refractivity contribution in [3.8, 4) is 17.2 Å². The number of methoxy groups -OCH3 is 1. The van der Waals surface area contributed by atoms with Crippen molar-refractivity contribution >= 4 is 30.4 Å². The number of ether oxygens (including phenoxy) is 2. The standard InChI is InChI=1S/C25H28O5Si/c1-5-31(6-2,7-3)13-12-19-21(15-30-16-29-4)23(26)20-14-17-10-8-9-11-18(17)24(27)22(20)25(19)28/h8-11,14,27H,5-7,15-16H2,1-4H3. The highest BCUT2D eigenvalue weighted by molar-refractivity contribution is 6.87. The van der Waals surface area contributed by atoms with E-state index in [0.29, 0.717) is 10.8 Å². The zero-order valence-electron chi connectivity index (χ0n) is 18.5. The predicted molar refractivity (Wildman–Crippen MR) is 124 cm³/mol. The monoisotopic (exact) mass is 436 g/mol. The van der Waals surface area contributed by atoms with Crippen LogP contribution in [0.15, 0.2) is 41.5 Å². The topological polar surface area (TPSA) is 72.8 Å². The number of hydrogen-bond donors (Lipinski definition) is 1. The first-order valence-corrected chi connectivity index (χ1v) is 13.2. The van der Waals surface area contributed by atoms with Crippen molar-refractivity contribution in [2.24, 2.45) is 0 Å². The van der Waals surface area contributed by atoms with E-state index in [0.717, 1.165) is 18.1 Å². The third-order valence-electron chi connectivity index (χ3n) is 6.23. The van der Waals surface area contributed by atoms with Gasteiger partial charge in [0, 0.05) is 23.6 Å². The van der Waals surface area contributed by atoms with Crippen molar-refractivity contribution in [1.82, 2.24) is 0 Å². The van der Waals surface area contributed by atoms with E-state index >= 15 is 0 Å². The first kappa shape index (κ1) is 23.0. The van der Waals surface area contributed by atoms with Crippen LogP contribution in [0.2, 0.25) is 18.1 Å². The minimum atomic E-state index is -1.86. The zero-order chi connectivity index (χ0) is 22.6. The van der Waals surface area contributed by atoms with Crippen LogP contribution in [0.4, 0.5) is 0 Å². The molecule has 2 aromatic carbocycles. The zero-order valence-corrected chi connectivity index (χ0v) is 19.5. The van der Waals surface area contributed by atoms with E-state index < -0.39 is 13.9 Å². The van der Waals surface area contributed by atoms with Crippen LogP contribution < -0.4 is 0 Å². The molecule has 162 valence electrons. The summed E-state index contributed by atoms with van der Waals surface area (Å²) in [6, 6.07) is 11.7. The van der Waals surface area contributed by atoms with Gasteiger partial charge in [0.2, 0.25) is 5.78 Å². The van der Waals surface area contributed by atoms with Crippen molar-refractivity contribution < 1.29 is 24.2 Å². The number of benzene rings is 2. The Bertz CT molecular complexity index is 1110. The van der Waals surface area contributed by atoms with Gasteiger partial charge in [-0.25, -0.2) is 0 Å². The fourth-order valence-electron chi connectivity index (χ4n) is 3.98. The first-order chi connectivity index (χ1) is 14.9. The Morgan fingerprint density at radius 3 is 2.35 bits per heavy atom. The van der Waals surface area contributed by atoms with Gasteiger partial charge in [-0.15, -0.1) is 5.54 Å². The van der Waals surface area contributed by atoms with Crippen LogP contribution >= 0.6 is 0 Å². The lowest BCUT2D eigenvalue weighted by molar-refractivity contribution is -0.0210. The summed E-state index contributed by atoms with van der Waals surface area (Å²) in [7, 11) is -0.364. The molecule has 0 atom stereocenters. The second kappa shape index (κ2) is 9.61. The summed E-state index contributed by atoms with van der Waals surface area (Å²) >= 11 is 0. The summed E-state index contributed by atoms with van der Waals surface area (Å²) in [5, 5.41) is 12.1. The Balaban J connectivity index is 2.22. The molecule has 0 aromatic heterocycles. The van der Waals surface area contributed by atoms with Crippen molar-refractivity contribution in [2.75, 3.05) is 20.5 Å². The molecule has 0 aliphatic heterocycles. The van der Waals surface area contributed by atoms with E-state index in [1.807, 2.05) is 6.07 Å². The summed E-state index contributed by atoms with van der Waals surface area (Å²) in [5.74, 6) is 2.14. The highest BCUT2D eigenvalue weighted by atomic mass is 28.3. The number of allylic oxidation sites excluding steroid dienone is 1. The smallest absolute Gasteiger partial charge is 0.206 e. The van der Waals surface area contributed by atoms with Gasteiger partial charge in [0.05, 0.1) is 17.7 Å². The lowest BCUT2D eigenvalue weighted by Gasteiger charge is -2.22. The van der Waals surface area contributed by atoms with Crippen LogP contribution in [0, 0.1) is 11.5 Å². The molecule has 0 heterocycles. The van der Waals surface area contributed by atoms with E-state index in [1.165, 1.54) is 7.11 Å². The summed E-state index contributed by atoms with van der Waals surface area (Å²) in [6.45, 7) is 6.32. The number of fused-ring (bicyclic) bond motifs is 2. The second-order valence-electron chi connectivity index (χ2n) is 7.73. The molecule has 1 aliphatic carbocycles. The minimum Gasteiger partial charge on any atom is -0.507 e. The number of phenols is 1. The van der Waals surface area contributed by atoms with E-state index in [-0.39, 0.29) is 47.2 Å². The second-order valence-corrected chi connectivity index (χ2v) is 12.7. The minimum absolute atomic E-state index is 0.000919. The molecule has 0 amide bonds. The van der Waals surface area contributed by atoms with Gasteiger partial charge in [-0.1, -0.05) is 51.0 Å². The molecule has 0 fully saturated rings. The fraction of sp³-hybridized carbons (Fsp3) is 0.360. The van der Waals surface area contributed by atoms with Crippen molar-refractivity contribution in [3.05, 3.63) is 52.6 Å². The van der Waals surface area contributed by atoms with Crippen molar-refractivity contribution in [3.63, 3.8) is 0 Å². The van der Waals surface area contributed by atoms with Gasteiger partial charge in [-0.3, -0.25) is 9.59 Å². The van der Waals surface area contributed by atoms with Gasteiger partial charge in [-0.2, -0.15) is 0 Å². The van der Waals surface area contributed by atoms with Gasteiger partial charge in [0.15, 0.2) is 5.78 Å². The number of ketones is 2. The molecule has 0 unspecified atom stereocenters. The number of phenolic OH excluding ortho intramolecular Hbond substituents is 1. The number of aromatic hydroxyl groups is 1. The van der Waals surface area contributed by atoms with Crippen LogP contribution in [-0.2, 0) is 9.47 Å². The molecular weight excluding hydrogens is 408 g/mol. The molecule has 0 saturated carbocycles. The Kier molecular flexibility index (Phi) is 7.11. The Labute approximate surface area is 184 Å². The van der Waals surface area contributed by atoms with Crippen molar-refractivity contribution in [2.45, 2.75) is 38.9 Å². The highest BCUT2D eigenvalue weighted by Gasteiger charge is 2.35. The Hall–Kier alpha value is -2.72. The van der Waals surface area contributed by atoms with Gasteiger partial charge >= 0.3 is 0 Å².